The summed E-state index contributed by atoms with van der Waals surface area (Å²) in [4.78, 5) is 14.4. The average Bonchev–Trinajstić information content (AvgIpc) is 2.45. The van der Waals surface area contributed by atoms with Crippen molar-refractivity contribution in [3.05, 3.63) is 29.8 Å². The Balaban J connectivity index is 1.88. The quantitative estimate of drug-likeness (QED) is 0.899. The molecule has 4 nitrogen and oxygen atoms in total. The van der Waals surface area contributed by atoms with Crippen LogP contribution in [0.4, 0.5) is 0 Å². The van der Waals surface area contributed by atoms with Gasteiger partial charge in [-0.25, -0.2) is 0 Å². The summed E-state index contributed by atoms with van der Waals surface area (Å²) in [7, 11) is 0. The molecule has 0 aliphatic carbocycles. The summed E-state index contributed by atoms with van der Waals surface area (Å²) in [6.07, 6.45) is 3.88. The Labute approximate surface area is 121 Å². The van der Waals surface area contributed by atoms with Gasteiger partial charge >= 0.3 is 0 Å². The average molecular weight is 276 g/mol. The molecule has 20 heavy (non-hydrogen) atoms. The number of likely N-dealkylation sites (tertiary alicyclic amines) is 1. The van der Waals surface area contributed by atoms with Gasteiger partial charge in [0.1, 0.15) is 5.75 Å². The highest BCUT2D eigenvalue weighted by atomic mass is 16.5. The molecule has 1 aromatic rings. The standard InChI is InChI=1S/C16H24N2O2/c1-13(2)20-15-8-6-7-14(11-15)16(19)17-12-18-9-4-3-5-10-18/h6-8,11,13H,3-5,9-10,12H2,1-2H3,(H,17,19). The minimum absolute atomic E-state index is 0.0372. The molecule has 0 radical (unpaired) electrons. The van der Waals surface area contributed by atoms with Crippen molar-refractivity contribution >= 4 is 5.91 Å². The monoisotopic (exact) mass is 276 g/mol. The first-order valence-electron chi connectivity index (χ1n) is 7.42. The number of benzene rings is 1. The van der Waals surface area contributed by atoms with E-state index in [4.69, 9.17) is 4.74 Å². The number of nitrogens with zero attached hydrogens (tertiary/aromatic N) is 1. The van der Waals surface area contributed by atoms with Gasteiger partial charge in [0.25, 0.3) is 5.91 Å². The molecule has 0 saturated carbocycles. The van der Waals surface area contributed by atoms with Gasteiger partial charge in [0.2, 0.25) is 0 Å². The van der Waals surface area contributed by atoms with Crippen molar-refractivity contribution in [2.75, 3.05) is 19.8 Å². The van der Waals surface area contributed by atoms with Crippen molar-refractivity contribution in [3.8, 4) is 5.75 Å². The molecule has 1 heterocycles. The summed E-state index contributed by atoms with van der Waals surface area (Å²) in [6, 6.07) is 7.35. The maximum atomic E-state index is 12.1. The van der Waals surface area contributed by atoms with Crippen molar-refractivity contribution in [2.24, 2.45) is 0 Å². The van der Waals surface area contributed by atoms with Crippen molar-refractivity contribution in [1.29, 1.82) is 0 Å². The lowest BCUT2D eigenvalue weighted by Crippen LogP contribution is -2.40. The van der Waals surface area contributed by atoms with Gasteiger partial charge < -0.3 is 10.1 Å². The molecule has 2 rings (SSSR count). The summed E-state index contributed by atoms with van der Waals surface area (Å²) in [5.41, 5.74) is 0.653. The van der Waals surface area contributed by atoms with Gasteiger partial charge in [-0.15, -0.1) is 0 Å². The number of rotatable bonds is 5. The zero-order chi connectivity index (χ0) is 14.4. The number of amides is 1. The Morgan fingerprint density at radius 2 is 2.05 bits per heavy atom. The smallest absolute Gasteiger partial charge is 0.252 e. The molecular formula is C16H24N2O2. The molecule has 1 aromatic carbocycles. The van der Waals surface area contributed by atoms with Gasteiger partial charge in [-0.05, 0) is 58.0 Å². The molecule has 0 bridgehead atoms. The van der Waals surface area contributed by atoms with E-state index >= 15 is 0 Å². The van der Waals surface area contributed by atoms with E-state index < -0.39 is 0 Å². The first-order valence-corrected chi connectivity index (χ1v) is 7.42. The van der Waals surface area contributed by atoms with Crippen LogP contribution in [0.25, 0.3) is 0 Å². The Morgan fingerprint density at radius 1 is 1.30 bits per heavy atom. The zero-order valence-corrected chi connectivity index (χ0v) is 12.4. The second-order valence-electron chi connectivity index (χ2n) is 5.54. The van der Waals surface area contributed by atoms with Gasteiger partial charge in [-0.1, -0.05) is 12.5 Å². The highest BCUT2D eigenvalue weighted by Crippen LogP contribution is 2.15. The number of hydrogen-bond acceptors (Lipinski definition) is 3. The number of carbonyl (C=O) groups excluding carboxylic acids is 1. The summed E-state index contributed by atoms with van der Waals surface area (Å²) in [5.74, 6) is 0.704. The SMILES string of the molecule is CC(C)Oc1cccc(C(=O)NCN2CCCCC2)c1. The Bertz CT molecular complexity index is 440. The Kier molecular flexibility index (Phi) is 5.41. The molecule has 0 spiro atoms. The second kappa shape index (κ2) is 7.29. The predicted molar refractivity (Wildman–Crippen MR) is 80.0 cm³/mol. The minimum atomic E-state index is -0.0372. The summed E-state index contributed by atoms with van der Waals surface area (Å²) in [6.45, 7) is 6.74. The number of ether oxygens (including phenoxy) is 1. The van der Waals surface area contributed by atoms with Crippen LogP contribution in [-0.4, -0.2) is 36.7 Å². The largest absolute Gasteiger partial charge is 0.491 e. The van der Waals surface area contributed by atoms with Crippen LogP contribution in [0.5, 0.6) is 5.75 Å². The maximum absolute atomic E-state index is 12.1. The van der Waals surface area contributed by atoms with E-state index in [-0.39, 0.29) is 12.0 Å². The fourth-order valence-corrected chi connectivity index (χ4v) is 2.39. The third kappa shape index (κ3) is 4.53. The molecule has 1 aliphatic heterocycles. The summed E-state index contributed by atoms with van der Waals surface area (Å²) < 4.78 is 5.61. The fourth-order valence-electron chi connectivity index (χ4n) is 2.39. The topological polar surface area (TPSA) is 41.6 Å². The molecule has 1 saturated heterocycles. The number of hydrogen-bond donors (Lipinski definition) is 1. The van der Waals surface area contributed by atoms with E-state index in [1.54, 1.807) is 6.07 Å². The normalized spacial score (nSPS) is 16.1. The highest BCUT2D eigenvalue weighted by Gasteiger charge is 2.12. The van der Waals surface area contributed by atoms with Crippen LogP contribution in [0.3, 0.4) is 0 Å². The number of nitrogens with one attached hydrogen (secondary N) is 1. The molecule has 110 valence electrons. The molecule has 4 heteroatoms. The first-order chi connectivity index (χ1) is 9.65. The molecule has 1 amide bonds. The van der Waals surface area contributed by atoms with E-state index in [9.17, 15) is 4.79 Å². The molecule has 0 atom stereocenters. The van der Waals surface area contributed by atoms with E-state index in [1.165, 1.54) is 19.3 Å². The summed E-state index contributed by atoms with van der Waals surface area (Å²) >= 11 is 0. The van der Waals surface area contributed by atoms with Crippen LogP contribution in [0.15, 0.2) is 24.3 Å². The van der Waals surface area contributed by atoms with Gasteiger partial charge in [0, 0.05) is 5.56 Å². The molecule has 1 aliphatic rings. The molecule has 1 N–H and O–H groups in total. The van der Waals surface area contributed by atoms with E-state index in [1.807, 2.05) is 32.0 Å². The van der Waals surface area contributed by atoms with Gasteiger partial charge in [-0.3, -0.25) is 9.69 Å². The fraction of sp³-hybridized carbons (Fsp3) is 0.562. The molecular weight excluding hydrogens is 252 g/mol. The van der Waals surface area contributed by atoms with Gasteiger partial charge in [-0.2, -0.15) is 0 Å². The highest BCUT2D eigenvalue weighted by molar-refractivity contribution is 5.94. The van der Waals surface area contributed by atoms with Crippen LogP contribution >= 0.6 is 0 Å². The van der Waals surface area contributed by atoms with Crippen LogP contribution < -0.4 is 10.1 Å². The third-order valence-electron chi connectivity index (χ3n) is 3.38. The van der Waals surface area contributed by atoms with Crippen molar-refractivity contribution in [3.63, 3.8) is 0 Å². The van der Waals surface area contributed by atoms with Crippen LogP contribution in [0.1, 0.15) is 43.5 Å². The van der Waals surface area contributed by atoms with Crippen molar-refractivity contribution in [2.45, 2.75) is 39.2 Å². The van der Waals surface area contributed by atoms with Crippen molar-refractivity contribution < 1.29 is 9.53 Å². The predicted octanol–water partition coefficient (Wildman–Crippen LogP) is 2.65. The van der Waals surface area contributed by atoms with Crippen LogP contribution in [0, 0.1) is 0 Å². The number of carbonyl (C=O) groups is 1. The molecule has 0 unspecified atom stereocenters. The maximum Gasteiger partial charge on any atom is 0.252 e. The van der Waals surface area contributed by atoms with Gasteiger partial charge in [0.15, 0.2) is 0 Å². The summed E-state index contributed by atoms with van der Waals surface area (Å²) in [5, 5.41) is 2.98. The zero-order valence-electron chi connectivity index (χ0n) is 12.4. The Hall–Kier alpha value is -1.55. The first kappa shape index (κ1) is 14.9. The van der Waals surface area contributed by atoms with E-state index in [0.29, 0.717) is 12.2 Å². The lowest BCUT2D eigenvalue weighted by atomic mass is 10.1. The molecule has 1 fully saturated rings. The van der Waals surface area contributed by atoms with E-state index in [0.717, 1.165) is 18.8 Å². The van der Waals surface area contributed by atoms with E-state index in [2.05, 4.69) is 10.2 Å². The molecule has 0 aromatic heterocycles. The lowest BCUT2D eigenvalue weighted by Gasteiger charge is -2.26. The lowest BCUT2D eigenvalue weighted by molar-refractivity contribution is 0.0913. The second-order valence-corrected chi connectivity index (χ2v) is 5.54. The Morgan fingerprint density at radius 3 is 2.75 bits per heavy atom. The minimum Gasteiger partial charge on any atom is -0.491 e. The van der Waals surface area contributed by atoms with Crippen LogP contribution in [-0.2, 0) is 0 Å². The van der Waals surface area contributed by atoms with Gasteiger partial charge in [0.05, 0.1) is 12.8 Å². The third-order valence-corrected chi connectivity index (χ3v) is 3.38. The van der Waals surface area contributed by atoms with Crippen molar-refractivity contribution in [1.82, 2.24) is 10.2 Å². The van der Waals surface area contributed by atoms with Crippen LogP contribution in [0.2, 0.25) is 0 Å². The number of piperidine rings is 1.